The molecule has 2 aromatic rings. The summed E-state index contributed by atoms with van der Waals surface area (Å²) in [7, 11) is 1.76. The number of hydrogen-bond donors (Lipinski definition) is 1. The summed E-state index contributed by atoms with van der Waals surface area (Å²) in [6, 6.07) is 5.59. The van der Waals surface area contributed by atoms with Crippen LogP contribution >= 0.6 is 0 Å². The molecule has 6 nitrogen and oxygen atoms in total. The highest BCUT2D eigenvalue weighted by molar-refractivity contribution is 6.00. The molecule has 3 rings (SSSR count). The molecule has 6 heteroatoms. The molecule has 0 radical (unpaired) electrons. The summed E-state index contributed by atoms with van der Waals surface area (Å²) in [5.74, 6) is -0.165. The number of nitrogens with zero attached hydrogens (tertiary/aromatic N) is 2. The lowest BCUT2D eigenvalue weighted by Gasteiger charge is -2.22. The molecule has 1 aromatic carbocycles. The average molecular weight is 400 g/mol. The van der Waals surface area contributed by atoms with Gasteiger partial charge in [-0.05, 0) is 42.9 Å². The smallest absolute Gasteiger partial charge is 0.295 e. The number of carbonyl (C=O) groups excluding carboxylic acids is 2. The van der Waals surface area contributed by atoms with Crippen molar-refractivity contribution in [2.45, 2.75) is 83.6 Å². The summed E-state index contributed by atoms with van der Waals surface area (Å²) in [4.78, 5) is 36.8. The van der Waals surface area contributed by atoms with Crippen LogP contribution in [0.2, 0.25) is 0 Å². The van der Waals surface area contributed by atoms with Gasteiger partial charge in [0.15, 0.2) is 0 Å². The number of rotatable bonds is 9. The molecule has 0 spiro atoms. The fraction of sp³-hybridized carbons (Fsp3) is 0.609. The molecule has 29 heavy (non-hydrogen) atoms. The van der Waals surface area contributed by atoms with Crippen LogP contribution in [0.3, 0.4) is 0 Å². The lowest BCUT2D eigenvalue weighted by Crippen LogP contribution is -2.44. The van der Waals surface area contributed by atoms with Crippen molar-refractivity contribution in [1.29, 1.82) is 0 Å². The third kappa shape index (κ3) is 4.46. The van der Waals surface area contributed by atoms with Gasteiger partial charge in [-0.2, -0.15) is 0 Å². The van der Waals surface area contributed by atoms with Gasteiger partial charge in [0, 0.05) is 13.5 Å². The second kappa shape index (κ2) is 9.42. The maximum absolute atomic E-state index is 12.9. The predicted octanol–water partition coefficient (Wildman–Crippen LogP) is 4.17. The molecule has 2 amide bonds. The first-order chi connectivity index (χ1) is 14.0. The summed E-state index contributed by atoms with van der Waals surface area (Å²) >= 11 is 0. The van der Waals surface area contributed by atoms with Crippen LogP contribution in [-0.4, -0.2) is 20.9 Å². The zero-order chi connectivity index (χ0) is 21.0. The van der Waals surface area contributed by atoms with Gasteiger partial charge in [-0.25, -0.2) is 4.79 Å². The minimum atomic E-state index is -0.629. The first-order valence-electron chi connectivity index (χ1n) is 11.0. The van der Waals surface area contributed by atoms with Crippen molar-refractivity contribution >= 4 is 22.8 Å². The number of unbranched alkanes of at least 4 members (excludes halogenated alkanes) is 3. The van der Waals surface area contributed by atoms with Crippen molar-refractivity contribution < 1.29 is 9.59 Å². The Kier molecular flexibility index (Phi) is 6.93. The lowest BCUT2D eigenvalue weighted by atomic mass is 9.89. The van der Waals surface area contributed by atoms with E-state index in [2.05, 4.69) is 31.3 Å². The molecule has 2 atom stereocenters. The number of imide groups is 1. The van der Waals surface area contributed by atoms with Gasteiger partial charge in [0.2, 0.25) is 11.8 Å². The van der Waals surface area contributed by atoms with Crippen LogP contribution in [-0.2, 0) is 16.6 Å². The van der Waals surface area contributed by atoms with Gasteiger partial charge in [-0.1, -0.05) is 52.0 Å². The van der Waals surface area contributed by atoms with E-state index >= 15 is 0 Å². The molecule has 1 N–H and O–H groups in total. The van der Waals surface area contributed by atoms with Crippen molar-refractivity contribution in [3.63, 3.8) is 0 Å². The standard InChI is InChI=1S/C23H33N3O3/c1-4-6-7-8-10-16(9-5-2)17-11-12-18-20(15-17)25(3)23(29)26(18)19-13-14-21(27)24-22(19)28/h11-12,15-16,19H,4-10,13-14H2,1-3H3,(H,24,27,28). The molecule has 2 heterocycles. The van der Waals surface area contributed by atoms with Crippen molar-refractivity contribution in [3.05, 3.63) is 34.2 Å². The van der Waals surface area contributed by atoms with Crippen LogP contribution < -0.4 is 11.0 Å². The van der Waals surface area contributed by atoms with Crippen LogP contribution in [0, 0.1) is 0 Å². The summed E-state index contributed by atoms with van der Waals surface area (Å²) in [5, 5.41) is 2.36. The number of aromatic nitrogens is 2. The Morgan fingerprint density at radius 1 is 1.03 bits per heavy atom. The van der Waals surface area contributed by atoms with Gasteiger partial charge < -0.3 is 0 Å². The van der Waals surface area contributed by atoms with Crippen molar-refractivity contribution in [2.24, 2.45) is 7.05 Å². The summed E-state index contributed by atoms with van der Waals surface area (Å²) in [6.07, 6.45) is 9.07. The fourth-order valence-electron chi connectivity index (χ4n) is 4.51. The van der Waals surface area contributed by atoms with Gasteiger partial charge in [0.1, 0.15) is 6.04 Å². The third-order valence-corrected chi connectivity index (χ3v) is 6.15. The van der Waals surface area contributed by atoms with Crippen LogP contribution in [0.1, 0.15) is 89.2 Å². The van der Waals surface area contributed by atoms with E-state index in [9.17, 15) is 14.4 Å². The predicted molar refractivity (Wildman–Crippen MR) is 115 cm³/mol. The molecular weight excluding hydrogens is 366 g/mol. The highest BCUT2D eigenvalue weighted by Crippen LogP contribution is 2.31. The van der Waals surface area contributed by atoms with E-state index < -0.39 is 6.04 Å². The number of imidazole rings is 1. The summed E-state index contributed by atoms with van der Waals surface area (Å²) in [5.41, 5.74) is 2.68. The quantitative estimate of drug-likeness (QED) is 0.508. The highest BCUT2D eigenvalue weighted by atomic mass is 16.2. The molecule has 1 aliphatic rings. The lowest BCUT2D eigenvalue weighted by molar-refractivity contribution is -0.135. The van der Waals surface area contributed by atoms with Crippen molar-refractivity contribution in [1.82, 2.24) is 14.5 Å². The Morgan fingerprint density at radius 2 is 1.83 bits per heavy atom. The molecule has 158 valence electrons. The Balaban J connectivity index is 1.94. The zero-order valence-corrected chi connectivity index (χ0v) is 17.9. The molecule has 2 unspecified atom stereocenters. The van der Waals surface area contributed by atoms with E-state index in [-0.39, 0.29) is 23.9 Å². The van der Waals surface area contributed by atoms with Gasteiger partial charge >= 0.3 is 5.69 Å². The van der Waals surface area contributed by atoms with Gasteiger partial charge in [0.05, 0.1) is 11.0 Å². The number of fused-ring (bicyclic) bond motifs is 1. The van der Waals surface area contributed by atoms with Crippen LogP contribution in [0.5, 0.6) is 0 Å². The Hall–Kier alpha value is -2.37. The van der Waals surface area contributed by atoms with Gasteiger partial charge in [0.25, 0.3) is 0 Å². The highest BCUT2D eigenvalue weighted by Gasteiger charge is 2.31. The number of piperidine rings is 1. The molecule has 1 fully saturated rings. The van der Waals surface area contributed by atoms with Crippen LogP contribution in [0.15, 0.2) is 23.0 Å². The number of nitrogens with one attached hydrogen (secondary N) is 1. The normalized spacial score (nSPS) is 18.2. The van der Waals surface area contributed by atoms with Crippen LogP contribution in [0.4, 0.5) is 0 Å². The molecule has 0 aliphatic carbocycles. The Labute approximate surface area is 172 Å². The number of hydrogen-bond acceptors (Lipinski definition) is 3. The largest absolute Gasteiger partial charge is 0.329 e. The number of benzene rings is 1. The maximum Gasteiger partial charge on any atom is 0.329 e. The van der Waals surface area contributed by atoms with Gasteiger partial charge in [-0.15, -0.1) is 0 Å². The summed E-state index contributed by atoms with van der Waals surface area (Å²) < 4.78 is 3.18. The number of carbonyl (C=O) groups is 2. The second-order valence-corrected chi connectivity index (χ2v) is 8.26. The monoisotopic (exact) mass is 399 g/mol. The minimum Gasteiger partial charge on any atom is -0.295 e. The van der Waals surface area contributed by atoms with E-state index in [1.54, 1.807) is 16.2 Å². The van der Waals surface area contributed by atoms with Gasteiger partial charge in [-0.3, -0.25) is 24.0 Å². The average Bonchev–Trinajstić information content (AvgIpc) is 2.95. The zero-order valence-electron chi connectivity index (χ0n) is 17.9. The first-order valence-corrected chi connectivity index (χ1v) is 11.0. The van der Waals surface area contributed by atoms with Crippen molar-refractivity contribution in [2.75, 3.05) is 0 Å². The van der Waals surface area contributed by atoms with E-state index in [4.69, 9.17) is 0 Å². The molecule has 1 aromatic heterocycles. The fourth-order valence-corrected chi connectivity index (χ4v) is 4.51. The molecule has 1 aliphatic heterocycles. The first kappa shape index (κ1) is 21.3. The van der Waals surface area contributed by atoms with E-state index in [1.807, 2.05) is 6.07 Å². The molecular formula is C23H33N3O3. The summed E-state index contributed by atoms with van der Waals surface area (Å²) in [6.45, 7) is 4.44. The minimum absolute atomic E-state index is 0.207. The number of amides is 2. The van der Waals surface area contributed by atoms with E-state index in [0.717, 1.165) is 23.9 Å². The molecule has 0 saturated carbocycles. The Morgan fingerprint density at radius 3 is 2.52 bits per heavy atom. The van der Waals surface area contributed by atoms with Crippen molar-refractivity contribution in [3.8, 4) is 0 Å². The second-order valence-electron chi connectivity index (χ2n) is 8.26. The van der Waals surface area contributed by atoms with E-state index in [1.165, 1.54) is 37.7 Å². The van der Waals surface area contributed by atoms with E-state index in [0.29, 0.717) is 12.3 Å². The maximum atomic E-state index is 12.9. The van der Waals surface area contributed by atoms with Crippen LogP contribution in [0.25, 0.3) is 11.0 Å². The SMILES string of the molecule is CCCCCCC(CCC)c1ccc2c(c1)n(C)c(=O)n2C1CCC(=O)NC1=O. The topological polar surface area (TPSA) is 73.1 Å². The molecule has 1 saturated heterocycles. The molecule has 0 bridgehead atoms. The number of aryl methyl sites for hydroxylation is 1. The Bertz CT molecular complexity index is 941. The third-order valence-electron chi connectivity index (χ3n) is 6.15.